The van der Waals surface area contributed by atoms with Crippen molar-refractivity contribution in [1.29, 1.82) is 0 Å². The first-order valence-electron chi connectivity index (χ1n) is 18.7. The van der Waals surface area contributed by atoms with Gasteiger partial charge in [-0.2, -0.15) is 0 Å². The Kier molecular flexibility index (Phi) is 6.79. The molecule has 0 saturated heterocycles. The maximum atomic E-state index is 4.07. The maximum Gasteiger partial charge on any atom is 0.0540 e. The molecule has 0 spiro atoms. The molecule has 0 N–H and O–H groups in total. The normalized spacial score (nSPS) is 13.8. The SMILES string of the molecule is C=CC(C)(C)c1ccc(-c2ccc3c4ccc(-c5ccccc5N5c6ccccc6C(C)(C)c6ccccc65)c5cccc(c6cccc2c63)c54)cc1. The Morgan fingerprint density at radius 1 is 0.453 bits per heavy atom. The summed E-state index contributed by atoms with van der Waals surface area (Å²) in [6.45, 7) is 13.2. The first-order chi connectivity index (χ1) is 25.8. The molecule has 0 bridgehead atoms. The molecule has 9 aromatic carbocycles. The summed E-state index contributed by atoms with van der Waals surface area (Å²) in [5, 5.41) is 10.4. The zero-order valence-electron chi connectivity index (χ0n) is 30.7. The van der Waals surface area contributed by atoms with E-state index in [0.29, 0.717) is 0 Å². The molecule has 10 rings (SSSR count). The Labute approximate surface area is 311 Å². The molecular formula is C52H41N. The second kappa shape index (κ2) is 11.4. The number of allylic oxidation sites excluding steroid dienone is 1. The van der Waals surface area contributed by atoms with Crippen LogP contribution in [-0.4, -0.2) is 0 Å². The van der Waals surface area contributed by atoms with Crippen LogP contribution in [0.25, 0.3) is 65.3 Å². The molecule has 1 heterocycles. The van der Waals surface area contributed by atoms with Gasteiger partial charge in [0.05, 0.1) is 17.1 Å². The maximum absolute atomic E-state index is 4.07. The summed E-state index contributed by atoms with van der Waals surface area (Å²) in [6.07, 6.45) is 2.03. The van der Waals surface area contributed by atoms with Gasteiger partial charge in [-0.15, -0.1) is 6.58 Å². The fourth-order valence-corrected chi connectivity index (χ4v) is 9.22. The standard InChI is InChI=1S/C52H41N/c1-6-51(2,3)34-27-25-33(26-28-34)35-29-31-42-43-32-30-36(39-17-14-19-41(50(39)43)40-18-13-16-38(35)49(40)42)37-15-7-10-22-46(37)53-47-23-11-8-20-44(47)52(4,5)45-21-9-12-24-48(45)53/h6-32H,1H2,2-5H3. The third-order valence-corrected chi connectivity index (χ3v) is 12.2. The van der Waals surface area contributed by atoms with E-state index in [0.717, 1.165) is 0 Å². The predicted molar refractivity (Wildman–Crippen MR) is 229 cm³/mol. The van der Waals surface area contributed by atoms with Gasteiger partial charge in [-0.25, -0.2) is 0 Å². The van der Waals surface area contributed by atoms with Gasteiger partial charge in [0.2, 0.25) is 0 Å². The molecule has 1 aliphatic heterocycles. The number of fused-ring (bicyclic) bond motifs is 4. The van der Waals surface area contributed by atoms with Crippen molar-refractivity contribution in [2.45, 2.75) is 38.5 Å². The van der Waals surface area contributed by atoms with Crippen LogP contribution in [0.4, 0.5) is 17.1 Å². The fraction of sp³-hybridized carbons (Fsp3) is 0.115. The van der Waals surface area contributed by atoms with Crippen molar-refractivity contribution in [2.75, 3.05) is 4.90 Å². The second-order valence-electron chi connectivity index (χ2n) is 15.8. The lowest BCUT2D eigenvalue weighted by molar-refractivity contribution is 0.632. The van der Waals surface area contributed by atoms with Crippen molar-refractivity contribution in [3.05, 3.63) is 187 Å². The number of nitrogens with zero attached hydrogens (tertiary/aromatic N) is 1. The number of anilines is 3. The highest BCUT2D eigenvalue weighted by Gasteiger charge is 2.37. The predicted octanol–water partition coefficient (Wildman–Crippen LogP) is 14.6. The molecule has 254 valence electrons. The topological polar surface area (TPSA) is 3.24 Å². The van der Waals surface area contributed by atoms with Crippen LogP contribution in [0.5, 0.6) is 0 Å². The summed E-state index contributed by atoms with van der Waals surface area (Å²) in [7, 11) is 0. The monoisotopic (exact) mass is 679 g/mol. The summed E-state index contributed by atoms with van der Waals surface area (Å²) in [5.41, 5.74) is 12.4. The quantitative estimate of drug-likeness (QED) is 0.0994. The highest BCUT2D eigenvalue weighted by molar-refractivity contribution is 6.35. The summed E-state index contributed by atoms with van der Waals surface area (Å²) < 4.78 is 0. The molecule has 0 aromatic heterocycles. The van der Waals surface area contributed by atoms with E-state index in [9.17, 15) is 0 Å². The molecule has 1 heteroatoms. The van der Waals surface area contributed by atoms with E-state index in [1.54, 1.807) is 0 Å². The van der Waals surface area contributed by atoms with E-state index in [2.05, 4.69) is 197 Å². The van der Waals surface area contributed by atoms with Gasteiger partial charge >= 0.3 is 0 Å². The highest BCUT2D eigenvalue weighted by Crippen LogP contribution is 2.54. The van der Waals surface area contributed by atoms with Crippen LogP contribution in [0.2, 0.25) is 0 Å². The van der Waals surface area contributed by atoms with Crippen LogP contribution < -0.4 is 4.90 Å². The van der Waals surface area contributed by atoms with Crippen molar-refractivity contribution in [1.82, 2.24) is 0 Å². The Balaban J connectivity index is 1.19. The molecular weight excluding hydrogens is 639 g/mol. The smallest absolute Gasteiger partial charge is 0.0540 e. The van der Waals surface area contributed by atoms with Gasteiger partial charge in [0.1, 0.15) is 0 Å². The van der Waals surface area contributed by atoms with Gasteiger partial charge in [-0.3, -0.25) is 0 Å². The Hall–Kier alpha value is -6.18. The number of rotatable bonds is 5. The molecule has 0 saturated carbocycles. The van der Waals surface area contributed by atoms with Crippen LogP contribution in [0, 0.1) is 0 Å². The number of benzene rings is 9. The lowest BCUT2D eigenvalue weighted by Crippen LogP contribution is -2.30. The molecule has 0 unspecified atom stereocenters. The summed E-state index contributed by atoms with van der Waals surface area (Å²) >= 11 is 0. The van der Waals surface area contributed by atoms with E-state index >= 15 is 0 Å². The van der Waals surface area contributed by atoms with Gasteiger partial charge in [0, 0.05) is 16.4 Å². The largest absolute Gasteiger partial charge is 0.309 e. The van der Waals surface area contributed by atoms with Gasteiger partial charge < -0.3 is 4.90 Å². The summed E-state index contributed by atoms with van der Waals surface area (Å²) in [6, 6.07) is 59.0. The molecule has 9 aromatic rings. The molecule has 0 aliphatic carbocycles. The highest BCUT2D eigenvalue weighted by atomic mass is 15.2. The first-order valence-corrected chi connectivity index (χ1v) is 18.7. The first kappa shape index (κ1) is 31.5. The summed E-state index contributed by atoms with van der Waals surface area (Å²) in [4.78, 5) is 2.49. The van der Waals surface area contributed by atoms with E-state index < -0.39 is 0 Å². The Morgan fingerprint density at radius 2 is 0.925 bits per heavy atom. The zero-order valence-corrected chi connectivity index (χ0v) is 30.7. The zero-order chi connectivity index (χ0) is 36.1. The van der Waals surface area contributed by atoms with Crippen LogP contribution in [0.3, 0.4) is 0 Å². The molecule has 0 amide bonds. The number of para-hydroxylation sites is 3. The Bertz CT molecular complexity index is 2840. The molecule has 0 radical (unpaired) electrons. The van der Waals surface area contributed by atoms with Crippen molar-refractivity contribution >= 4 is 60.2 Å². The average molecular weight is 680 g/mol. The number of hydrogen-bond acceptors (Lipinski definition) is 1. The third kappa shape index (κ3) is 4.50. The van der Waals surface area contributed by atoms with Gasteiger partial charge in [0.15, 0.2) is 0 Å². The van der Waals surface area contributed by atoms with Crippen molar-refractivity contribution in [3.8, 4) is 22.3 Å². The molecule has 1 aliphatic rings. The molecule has 1 nitrogen and oxygen atoms in total. The van der Waals surface area contributed by atoms with Crippen molar-refractivity contribution in [2.24, 2.45) is 0 Å². The van der Waals surface area contributed by atoms with Crippen LogP contribution >= 0.6 is 0 Å². The average Bonchev–Trinajstić information content (AvgIpc) is 3.20. The second-order valence-corrected chi connectivity index (χ2v) is 15.8. The van der Waals surface area contributed by atoms with Crippen LogP contribution in [0.15, 0.2) is 170 Å². The minimum atomic E-state index is -0.112. The van der Waals surface area contributed by atoms with E-state index in [1.807, 2.05) is 6.08 Å². The molecule has 0 atom stereocenters. The fourth-order valence-electron chi connectivity index (χ4n) is 9.22. The van der Waals surface area contributed by atoms with Crippen LogP contribution in [0.1, 0.15) is 44.4 Å². The van der Waals surface area contributed by atoms with Gasteiger partial charge in [-0.1, -0.05) is 173 Å². The van der Waals surface area contributed by atoms with Gasteiger partial charge in [-0.05, 0) is 94.7 Å². The molecule has 53 heavy (non-hydrogen) atoms. The van der Waals surface area contributed by atoms with E-state index in [4.69, 9.17) is 0 Å². The van der Waals surface area contributed by atoms with Crippen LogP contribution in [-0.2, 0) is 10.8 Å². The van der Waals surface area contributed by atoms with Crippen molar-refractivity contribution < 1.29 is 0 Å². The lowest BCUT2D eigenvalue weighted by Gasteiger charge is -2.42. The lowest BCUT2D eigenvalue weighted by atomic mass is 9.73. The third-order valence-electron chi connectivity index (χ3n) is 12.2. The van der Waals surface area contributed by atoms with E-state index in [-0.39, 0.29) is 10.8 Å². The van der Waals surface area contributed by atoms with E-state index in [1.165, 1.54) is 99.1 Å². The van der Waals surface area contributed by atoms with Crippen molar-refractivity contribution in [3.63, 3.8) is 0 Å². The Morgan fingerprint density at radius 3 is 1.51 bits per heavy atom. The minimum absolute atomic E-state index is 0.0696. The van der Waals surface area contributed by atoms with Gasteiger partial charge in [0.25, 0.3) is 0 Å². The number of hydrogen-bond donors (Lipinski definition) is 0. The summed E-state index contributed by atoms with van der Waals surface area (Å²) in [5.74, 6) is 0. The molecule has 0 fully saturated rings. The minimum Gasteiger partial charge on any atom is -0.309 e.